The lowest BCUT2D eigenvalue weighted by atomic mass is 9.47. The molecule has 4 aliphatic rings. The van der Waals surface area contributed by atoms with Crippen LogP contribution in [-0.2, 0) is 4.74 Å². The van der Waals surface area contributed by atoms with E-state index in [2.05, 4.69) is 19.9 Å². The molecule has 136 valence electrons. The molecule has 0 radical (unpaired) electrons. The lowest BCUT2D eigenvalue weighted by Crippen LogP contribution is -2.53. The van der Waals surface area contributed by atoms with Gasteiger partial charge in [-0.1, -0.05) is 18.6 Å². The lowest BCUT2D eigenvalue weighted by molar-refractivity contribution is -0.0928. The Kier molecular flexibility index (Phi) is 4.34. The van der Waals surface area contributed by atoms with E-state index in [0.29, 0.717) is 30.5 Å². The number of hydrogen-bond donors (Lipinski definition) is 2. The molecule has 3 heteroatoms. The predicted octanol–water partition coefficient (Wildman–Crippen LogP) is 3.69. The topological polar surface area (TPSA) is 49.7 Å². The van der Waals surface area contributed by atoms with Gasteiger partial charge in [0, 0.05) is 12.0 Å². The summed E-state index contributed by atoms with van der Waals surface area (Å²) in [5.74, 6) is 1.89. The zero-order valence-corrected chi connectivity index (χ0v) is 15.3. The van der Waals surface area contributed by atoms with E-state index in [1.807, 2.05) is 0 Å². The van der Waals surface area contributed by atoms with Gasteiger partial charge in [0.25, 0.3) is 0 Å². The van der Waals surface area contributed by atoms with E-state index in [0.717, 1.165) is 45.1 Å². The molecule has 2 N–H and O–H groups in total. The molecule has 4 rings (SSSR count). The van der Waals surface area contributed by atoms with Gasteiger partial charge in [0.2, 0.25) is 0 Å². The molecule has 0 amide bonds. The van der Waals surface area contributed by atoms with Gasteiger partial charge in [-0.3, -0.25) is 0 Å². The van der Waals surface area contributed by atoms with Gasteiger partial charge in [-0.25, -0.2) is 0 Å². The summed E-state index contributed by atoms with van der Waals surface area (Å²) in [6.07, 6.45) is 11.5. The van der Waals surface area contributed by atoms with Gasteiger partial charge in [0.05, 0.1) is 18.8 Å². The quantitative estimate of drug-likeness (QED) is 0.774. The summed E-state index contributed by atoms with van der Waals surface area (Å²) in [4.78, 5) is 0. The maximum Gasteiger partial charge on any atom is 0.0612 e. The zero-order chi connectivity index (χ0) is 16.9. The fourth-order valence-electron chi connectivity index (χ4n) is 7.07. The number of hydrogen-bond acceptors (Lipinski definition) is 3. The molecule has 0 heterocycles. The van der Waals surface area contributed by atoms with Crippen molar-refractivity contribution in [3.05, 3.63) is 11.6 Å². The van der Waals surface area contributed by atoms with Crippen LogP contribution in [0.15, 0.2) is 11.6 Å². The van der Waals surface area contributed by atoms with E-state index in [1.165, 1.54) is 18.4 Å². The number of aliphatic hydroxyl groups excluding tert-OH is 2. The minimum Gasteiger partial charge on any atom is -0.395 e. The van der Waals surface area contributed by atoms with Crippen LogP contribution in [-0.4, -0.2) is 35.6 Å². The fourth-order valence-corrected chi connectivity index (χ4v) is 7.07. The number of aliphatic hydroxyl groups is 2. The number of fused-ring (bicyclic) bond motifs is 5. The Morgan fingerprint density at radius 3 is 2.75 bits per heavy atom. The molecule has 3 nitrogen and oxygen atoms in total. The molecule has 2 unspecified atom stereocenters. The first-order chi connectivity index (χ1) is 11.5. The highest BCUT2D eigenvalue weighted by molar-refractivity contribution is 5.26. The van der Waals surface area contributed by atoms with E-state index in [1.54, 1.807) is 0 Å². The van der Waals surface area contributed by atoms with Crippen molar-refractivity contribution in [3.8, 4) is 0 Å². The average Bonchev–Trinajstić information content (AvgIpc) is 2.90. The number of rotatable bonds is 3. The molecule has 0 aliphatic heterocycles. The minimum atomic E-state index is -0.118. The van der Waals surface area contributed by atoms with Crippen LogP contribution in [0.1, 0.15) is 65.2 Å². The second kappa shape index (κ2) is 6.10. The molecule has 24 heavy (non-hydrogen) atoms. The molecule has 0 saturated heterocycles. The van der Waals surface area contributed by atoms with Crippen molar-refractivity contribution in [1.82, 2.24) is 0 Å². The van der Waals surface area contributed by atoms with Crippen molar-refractivity contribution >= 4 is 0 Å². The van der Waals surface area contributed by atoms with Gasteiger partial charge in [-0.2, -0.15) is 0 Å². The number of allylic oxidation sites excluding steroid dienone is 1. The summed E-state index contributed by atoms with van der Waals surface area (Å²) in [7, 11) is 0. The Bertz CT molecular complexity index is 515. The van der Waals surface area contributed by atoms with Crippen LogP contribution in [0.3, 0.4) is 0 Å². The van der Waals surface area contributed by atoms with E-state index in [4.69, 9.17) is 4.74 Å². The molecule has 7 atom stereocenters. The lowest BCUT2D eigenvalue weighted by Gasteiger charge is -2.58. The summed E-state index contributed by atoms with van der Waals surface area (Å²) < 4.78 is 5.90. The van der Waals surface area contributed by atoms with Crippen molar-refractivity contribution in [2.45, 2.75) is 77.4 Å². The van der Waals surface area contributed by atoms with Crippen molar-refractivity contribution in [3.63, 3.8) is 0 Å². The van der Waals surface area contributed by atoms with Gasteiger partial charge >= 0.3 is 0 Å². The fraction of sp³-hybridized carbons (Fsp3) is 0.905. The van der Waals surface area contributed by atoms with Crippen LogP contribution in [0.2, 0.25) is 0 Å². The maximum absolute atomic E-state index is 10.5. The van der Waals surface area contributed by atoms with Crippen molar-refractivity contribution in [2.24, 2.45) is 28.6 Å². The van der Waals surface area contributed by atoms with Crippen molar-refractivity contribution in [2.75, 3.05) is 13.2 Å². The molecule has 0 aromatic rings. The Labute approximate surface area is 146 Å². The summed E-state index contributed by atoms with van der Waals surface area (Å²) in [6, 6.07) is 0. The Morgan fingerprint density at radius 1 is 1.17 bits per heavy atom. The highest BCUT2D eigenvalue weighted by Gasteiger charge is 2.59. The first-order valence-corrected chi connectivity index (χ1v) is 10.1. The van der Waals surface area contributed by atoms with Crippen LogP contribution < -0.4 is 0 Å². The van der Waals surface area contributed by atoms with Crippen LogP contribution in [0.4, 0.5) is 0 Å². The third-order valence-electron chi connectivity index (χ3n) is 8.42. The van der Waals surface area contributed by atoms with E-state index in [-0.39, 0.29) is 16.9 Å². The molecule has 0 spiro atoms. The third-order valence-corrected chi connectivity index (χ3v) is 8.42. The largest absolute Gasteiger partial charge is 0.395 e. The normalized spacial score (nSPS) is 50.7. The second-order valence-corrected chi connectivity index (χ2v) is 9.11. The molecule has 0 bridgehead atoms. The SMILES string of the molecule is CCOC1CC[C@@]2(CO)C(=CC[C@@H]3[C@H]2CC[C@]2(C)C(O)CC[C@@H]32)C1. The third kappa shape index (κ3) is 2.27. The molecular weight excluding hydrogens is 300 g/mol. The van der Waals surface area contributed by atoms with Crippen LogP contribution >= 0.6 is 0 Å². The first-order valence-electron chi connectivity index (χ1n) is 10.1. The summed E-state index contributed by atoms with van der Waals surface area (Å²) in [6.45, 7) is 5.48. The molecule has 4 aliphatic carbocycles. The van der Waals surface area contributed by atoms with Gasteiger partial charge < -0.3 is 14.9 Å². The molecule has 3 saturated carbocycles. The summed E-state index contributed by atoms with van der Waals surface area (Å²) in [5, 5.41) is 21.0. The molecular formula is C21H34O3. The van der Waals surface area contributed by atoms with E-state index in [9.17, 15) is 10.2 Å². The molecule has 3 fully saturated rings. The highest BCUT2D eigenvalue weighted by atomic mass is 16.5. The van der Waals surface area contributed by atoms with Gasteiger partial charge in [-0.05, 0) is 81.5 Å². The maximum atomic E-state index is 10.5. The van der Waals surface area contributed by atoms with E-state index >= 15 is 0 Å². The Balaban J connectivity index is 1.63. The van der Waals surface area contributed by atoms with Crippen molar-refractivity contribution in [1.29, 1.82) is 0 Å². The van der Waals surface area contributed by atoms with Crippen LogP contribution in [0.5, 0.6) is 0 Å². The van der Waals surface area contributed by atoms with Crippen molar-refractivity contribution < 1.29 is 14.9 Å². The smallest absolute Gasteiger partial charge is 0.0612 e. The minimum absolute atomic E-state index is 0.00535. The standard InChI is InChI=1S/C21H34O3/c1-3-24-15-8-11-21(13-22)14(12-15)4-5-16-17-6-7-19(23)20(17,2)10-9-18(16)21/h4,15-19,22-23H,3,5-13H2,1-2H3/t15?,16-,17-,18+,19?,20-,21+/m0/s1. The van der Waals surface area contributed by atoms with Gasteiger partial charge in [-0.15, -0.1) is 0 Å². The second-order valence-electron chi connectivity index (χ2n) is 9.11. The van der Waals surface area contributed by atoms with Crippen LogP contribution in [0.25, 0.3) is 0 Å². The summed E-state index contributed by atoms with van der Waals surface area (Å²) in [5.41, 5.74) is 1.61. The van der Waals surface area contributed by atoms with Gasteiger partial charge in [0.15, 0.2) is 0 Å². The summed E-state index contributed by atoms with van der Waals surface area (Å²) >= 11 is 0. The average molecular weight is 335 g/mol. The van der Waals surface area contributed by atoms with E-state index < -0.39 is 0 Å². The predicted molar refractivity (Wildman–Crippen MR) is 94.5 cm³/mol. The Hall–Kier alpha value is -0.380. The molecule has 0 aromatic heterocycles. The monoisotopic (exact) mass is 334 g/mol. The zero-order valence-electron chi connectivity index (χ0n) is 15.3. The highest BCUT2D eigenvalue weighted by Crippen LogP contribution is 2.64. The van der Waals surface area contributed by atoms with Crippen LogP contribution in [0, 0.1) is 28.6 Å². The number of ether oxygens (including phenoxy) is 1. The molecule has 0 aromatic carbocycles. The Morgan fingerprint density at radius 2 is 2.00 bits per heavy atom. The first kappa shape index (κ1) is 17.1. The van der Waals surface area contributed by atoms with Gasteiger partial charge in [0.1, 0.15) is 0 Å².